The van der Waals surface area contributed by atoms with Crippen LogP contribution in [0, 0.1) is 0 Å². The van der Waals surface area contributed by atoms with Crippen LogP contribution in [0.25, 0.3) is 0 Å². The Morgan fingerprint density at radius 1 is 0.906 bits per heavy atom. The lowest BCUT2D eigenvalue weighted by Gasteiger charge is -2.32. The lowest BCUT2D eigenvalue weighted by Crippen LogP contribution is -2.51. The van der Waals surface area contributed by atoms with Gasteiger partial charge in [-0.05, 0) is 35.7 Å². The van der Waals surface area contributed by atoms with E-state index < -0.39 is 6.04 Å². The number of hydrogen-bond acceptors (Lipinski definition) is 2. The summed E-state index contributed by atoms with van der Waals surface area (Å²) in [5, 5.41) is 3.87. The van der Waals surface area contributed by atoms with E-state index in [1.165, 1.54) is 0 Å². The Kier molecular flexibility index (Phi) is 8.72. The maximum atomic E-state index is 13.5. The van der Waals surface area contributed by atoms with Gasteiger partial charge in [0.25, 0.3) is 0 Å². The monoisotopic (exact) mass is 468 g/mol. The number of nitrogens with one attached hydrogen (secondary N) is 1. The molecule has 3 rings (SSSR count). The van der Waals surface area contributed by atoms with Gasteiger partial charge < -0.3 is 10.2 Å². The van der Waals surface area contributed by atoms with Gasteiger partial charge >= 0.3 is 0 Å². The van der Waals surface area contributed by atoms with Gasteiger partial charge in [-0.25, -0.2) is 0 Å². The summed E-state index contributed by atoms with van der Waals surface area (Å²) in [7, 11) is 0. The zero-order chi connectivity index (χ0) is 22.9. The molecule has 0 aromatic heterocycles. The number of hydrogen-bond donors (Lipinski definition) is 1. The fourth-order valence-electron chi connectivity index (χ4n) is 3.55. The zero-order valence-electron chi connectivity index (χ0n) is 17.9. The molecule has 32 heavy (non-hydrogen) atoms. The fraction of sp³-hybridized carbons (Fsp3) is 0.231. The van der Waals surface area contributed by atoms with Crippen LogP contribution in [0.5, 0.6) is 0 Å². The van der Waals surface area contributed by atoms with E-state index in [1.54, 1.807) is 23.1 Å². The Morgan fingerprint density at radius 3 is 2.12 bits per heavy atom. The minimum Gasteiger partial charge on any atom is -0.355 e. The molecule has 0 radical (unpaired) electrons. The van der Waals surface area contributed by atoms with Crippen LogP contribution in [0.2, 0.25) is 10.0 Å². The first-order valence-corrected chi connectivity index (χ1v) is 11.3. The molecular formula is C26H26Cl2N2O2. The molecule has 166 valence electrons. The Balaban J connectivity index is 1.97. The van der Waals surface area contributed by atoms with E-state index in [4.69, 9.17) is 23.2 Å². The third-order valence-corrected chi connectivity index (χ3v) is 5.76. The molecule has 0 aliphatic heterocycles. The Bertz CT molecular complexity index is 1040. The van der Waals surface area contributed by atoms with Crippen molar-refractivity contribution in [1.82, 2.24) is 10.2 Å². The van der Waals surface area contributed by atoms with Crippen molar-refractivity contribution in [3.05, 3.63) is 106 Å². The molecule has 0 saturated carbocycles. The van der Waals surface area contributed by atoms with E-state index in [9.17, 15) is 9.59 Å². The molecule has 6 heteroatoms. The minimum absolute atomic E-state index is 0.144. The smallest absolute Gasteiger partial charge is 0.243 e. The molecule has 1 N–H and O–H groups in total. The third-order valence-electron chi connectivity index (χ3n) is 5.18. The van der Waals surface area contributed by atoms with Gasteiger partial charge in [0.05, 0.1) is 6.42 Å². The molecule has 0 aliphatic carbocycles. The minimum atomic E-state index is -0.680. The molecule has 0 fully saturated rings. The maximum absolute atomic E-state index is 13.5. The number of likely N-dealkylation sites (N-methyl/N-ethyl adjacent to an activating group) is 1. The van der Waals surface area contributed by atoms with Gasteiger partial charge in [-0.15, -0.1) is 0 Å². The number of rotatable bonds is 9. The Labute approximate surface area is 199 Å². The predicted molar refractivity (Wildman–Crippen MR) is 130 cm³/mol. The van der Waals surface area contributed by atoms with Crippen molar-refractivity contribution in [3.8, 4) is 0 Å². The third kappa shape index (κ3) is 6.59. The highest BCUT2D eigenvalue weighted by Gasteiger charge is 2.30. The molecule has 2 amide bonds. The van der Waals surface area contributed by atoms with Gasteiger partial charge in [0.15, 0.2) is 0 Å². The number of carbonyl (C=O) groups is 2. The number of carbonyl (C=O) groups excluding carboxylic acids is 2. The first kappa shape index (κ1) is 23.8. The molecule has 3 aromatic rings. The summed E-state index contributed by atoms with van der Waals surface area (Å²) < 4.78 is 0. The molecule has 0 heterocycles. The van der Waals surface area contributed by atoms with Gasteiger partial charge in [-0.2, -0.15) is 0 Å². The Morgan fingerprint density at radius 2 is 1.53 bits per heavy atom. The van der Waals surface area contributed by atoms with Crippen molar-refractivity contribution >= 4 is 35.0 Å². The van der Waals surface area contributed by atoms with Crippen LogP contribution in [-0.2, 0) is 29.0 Å². The van der Waals surface area contributed by atoms with E-state index in [0.29, 0.717) is 23.0 Å². The second kappa shape index (κ2) is 11.7. The number of benzene rings is 3. The summed E-state index contributed by atoms with van der Waals surface area (Å²) in [6, 6.07) is 23.7. The van der Waals surface area contributed by atoms with Crippen molar-refractivity contribution in [3.63, 3.8) is 0 Å². The first-order valence-electron chi connectivity index (χ1n) is 10.6. The standard InChI is InChI=1S/C26H26Cl2N2O2/c1-2-29-26(32)24(15-19-9-5-3-6-10-19)30(18-21-13-14-22(27)17-23(21)28)25(31)16-20-11-7-4-8-12-20/h3-14,17,24H,2,15-16,18H2,1H3,(H,29,32)/t24-/m0/s1. The highest BCUT2D eigenvalue weighted by atomic mass is 35.5. The molecule has 0 unspecified atom stereocenters. The number of halogens is 2. The molecule has 4 nitrogen and oxygen atoms in total. The average Bonchev–Trinajstić information content (AvgIpc) is 2.79. The van der Waals surface area contributed by atoms with Crippen LogP contribution >= 0.6 is 23.2 Å². The number of nitrogens with zero attached hydrogens (tertiary/aromatic N) is 1. The summed E-state index contributed by atoms with van der Waals surface area (Å²) in [4.78, 5) is 28.3. The van der Waals surface area contributed by atoms with E-state index in [-0.39, 0.29) is 24.8 Å². The molecule has 0 aliphatic rings. The van der Waals surface area contributed by atoms with Crippen LogP contribution in [0.15, 0.2) is 78.9 Å². The van der Waals surface area contributed by atoms with Gasteiger partial charge in [-0.3, -0.25) is 9.59 Å². The van der Waals surface area contributed by atoms with Crippen LogP contribution in [0.1, 0.15) is 23.6 Å². The van der Waals surface area contributed by atoms with Crippen molar-refractivity contribution < 1.29 is 9.59 Å². The van der Waals surface area contributed by atoms with Crippen molar-refractivity contribution in [2.75, 3.05) is 6.54 Å². The fourth-order valence-corrected chi connectivity index (χ4v) is 4.02. The zero-order valence-corrected chi connectivity index (χ0v) is 19.4. The number of amides is 2. The van der Waals surface area contributed by atoms with Gasteiger partial charge in [-0.1, -0.05) is 89.9 Å². The van der Waals surface area contributed by atoms with Crippen molar-refractivity contribution in [2.24, 2.45) is 0 Å². The molecule has 3 aromatic carbocycles. The Hall–Kier alpha value is -2.82. The maximum Gasteiger partial charge on any atom is 0.243 e. The second-order valence-corrected chi connectivity index (χ2v) is 8.36. The highest BCUT2D eigenvalue weighted by molar-refractivity contribution is 6.35. The van der Waals surface area contributed by atoms with Gasteiger partial charge in [0.2, 0.25) is 11.8 Å². The quantitative estimate of drug-likeness (QED) is 0.462. The average molecular weight is 469 g/mol. The van der Waals surface area contributed by atoms with Crippen LogP contribution < -0.4 is 5.32 Å². The highest BCUT2D eigenvalue weighted by Crippen LogP contribution is 2.24. The van der Waals surface area contributed by atoms with E-state index >= 15 is 0 Å². The van der Waals surface area contributed by atoms with Gasteiger partial charge in [0, 0.05) is 29.6 Å². The summed E-state index contributed by atoms with van der Waals surface area (Å²) in [6.45, 7) is 2.55. The van der Waals surface area contributed by atoms with E-state index in [2.05, 4.69) is 5.32 Å². The predicted octanol–water partition coefficient (Wildman–Crippen LogP) is 5.31. The molecule has 0 bridgehead atoms. The molecule has 0 spiro atoms. The topological polar surface area (TPSA) is 49.4 Å². The molecular weight excluding hydrogens is 443 g/mol. The van der Waals surface area contributed by atoms with Crippen LogP contribution in [-0.4, -0.2) is 29.3 Å². The van der Waals surface area contributed by atoms with Crippen LogP contribution in [0.3, 0.4) is 0 Å². The summed E-state index contributed by atoms with van der Waals surface area (Å²) in [6.07, 6.45) is 0.592. The van der Waals surface area contributed by atoms with E-state index in [1.807, 2.05) is 67.6 Å². The summed E-state index contributed by atoms with van der Waals surface area (Å²) in [5.74, 6) is -0.336. The van der Waals surface area contributed by atoms with E-state index in [0.717, 1.165) is 16.7 Å². The SMILES string of the molecule is CCNC(=O)[C@H](Cc1ccccc1)N(Cc1ccc(Cl)cc1Cl)C(=O)Cc1ccccc1. The summed E-state index contributed by atoms with van der Waals surface area (Å²) in [5.41, 5.74) is 2.60. The van der Waals surface area contributed by atoms with Gasteiger partial charge in [0.1, 0.15) is 6.04 Å². The lowest BCUT2D eigenvalue weighted by atomic mass is 10.0. The van der Waals surface area contributed by atoms with Crippen molar-refractivity contribution in [1.29, 1.82) is 0 Å². The van der Waals surface area contributed by atoms with Crippen molar-refractivity contribution in [2.45, 2.75) is 32.4 Å². The summed E-state index contributed by atoms with van der Waals surface area (Å²) >= 11 is 12.5. The first-order chi connectivity index (χ1) is 15.5. The molecule has 0 saturated heterocycles. The van der Waals surface area contributed by atoms with Crippen LogP contribution in [0.4, 0.5) is 0 Å². The largest absolute Gasteiger partial charge is 0.355 e. The lowest BCUT2D eigenvalue weighted by molar-refractivity contribution is -0.140. The normalized spacial score (nSPS) is 11.6. The molecule has 1 atom stereocenters. The second-order valence-electron chi connectivity index (χ2n) is 7.52.